The van der Waals surface area contributed by atoms with Gasteiger partial charge in [0.15, 0.2) is 0 Å². The van der Waals surface area contributed by atoms with E-state index in [1.165, 1.54) is 5.56 Å². The lowest BCUT2D eigenvalue weighted by atomic mass is 10.1. The molecule has 144 valence electrons. The van der Waals surface area contributed by atoms with Gasteiger partial charge in [-0.2, -0.15) is 11.8 Å². The zero-order chi connectivity index (χ0) is 16.5. The van der Waals surface area contributed by atoms with Gasteiger partial charge in [-0.25, -0.2) is 0 Å². The first-order valence-corrected chi connectivity index (χ1v) is 9.62. The molecule has 0 aliphatic carbocycles. The van der Waals surface area contributed by atoms with Gasteiger partial charge < -0.3 is 10.6 Å². The summed E-state index contributed by atoms with van der Waals surface area (Å²) in [7, 11) is 2.14. The smallest absolute Gasteiger partial charge is 0.221 e. The lowest BCUT2D eigenvalue weighted by molar-refractivity contribution is -0.121. The third-order valence-electron chi connectivity index (χ3n) is 4.34. The summed E-state index contributed by atoms with van der Waals surface area (Å²) in [6.45, 7) is 4.93. The van der Waals surface area contributed by atoms with Crippen molar-refractivity contribution in [3.63, 3.8) is 0 Å². The maximum absolute atomic E-state index is 12.0. The average molecular weight is 408 g/mol. The Kier molecular flexibility index (Phi) is 13.5. The van der Waals surface area contributed by atoms with Crippen LogP contribution in [0.15, 0.2) is 30.3 Å². The summed E-state index contributed by atoms with van der Waals surface area (Å²) in [4.78, 5) is 14.3. The van der Waals surface area contributed by atoms with Crippen LogP contribution < -0.4 is 10.6 Å². The molecule has 2 unspecified atom stereocenters. The van der Waals surface area contributed by atoms with Crippen molar-refractivity contribution in [1.29, 1.82) is 0 Å². The van der Waals surface area contributed by atoms with Gasteiger partial charge in [0.2, 0.25) is 5.91 Å². The van der Waals surface area contributed by atoms with E-state index in [1.807, 2.05) is 17.8 Å². The molecule has 2 N–H and O–H groups in total. The first kappa shape index (κ1) is 24.5. The molecule has 4 nitrogen and oxygen atoms in total. The second kappa shape index (κ2) is 13.7. The van der Waals surface area contributed by atoms with Crippen molar-refractivity contribution in [3.05, 3.63) is 35.9 Å². The van der Waals surface area contributed by atoms with Crippen molar-refractivity contribution in [2.45, 2.75) is 38.4 Å². The highest BCUT2D eigenvalue weighted by Gasteiger charge is 2.16. The SMILES string of the molecule is CC(CCNC(=O)CC1CSCCN1)N(C)Cc1ccccc1.Cl.Cl. The van der Waals surface area contributed by atoms with Crippen molar-refractivity contribution in [1.82, 2.24) is 15.5 Å². The van der Waals surface area contributed by atoms with E-state index < -0.39 is 0 Å². The monoisotopic (exact) mass is 407 g/mol. The van der Waals surface area contributed by atoms with Crippen LogP contribution in [0.2, 0.25) is 0 Å². The molecular weight excluding hydrogens is 377 g/mol. The molecule has 0 radical (unpaired) electrons. The quantitative estimate of drug-likeness (QED) is 0.694. The van der Waals surface area contributed by atoms with Crippen molar-refractivity contribution in [2.75, 3.05) is 31.6 Å². The zero-order valence-electron chi connectivity index (χ0n) is 15.1. The van der Waals surface area contributed by atoms with Gasteiger partial charge in [-0.1, -0.05) is 30.3 Å². The molecule has 0 spiro atoms. The number of thioether (sulfide) groups is 1. The number of nitrogens with zero attached hydrogens (tertiary/aromatic N) is 1. The molecule has 1 amide bonds. The van der Waals surface area contributed by atoms with Crippen LogP contribution in [-0.2, 0) is 11.3 Å². The summed E-state index contributed by atoms with van der Waals surface area (Å²) in [6, 6.07) is 11.3. The van der Waals surface area contributed by atoms with Crippen LogP contribution >= 0.6 is 36.6 Å². The van der Waals surface area contributed by atoms with Crippen LogP contribution in [-0.4, -0.2) is 54.5 Å². The van der Waals surface area contributed by atoms with E-state index in [4.69, 9.17) is 0 Å². The molecule has 1 aromatic carbocycles. The van der Waals surface area contributed by atoms with Gasteiger partial charge in [0.25, 0.3) is 0 Å². The summed E-state index contributed by atoms with van der Waals surface area (Å²) < 4.78 is 0. The highest BCUT2D eigenvalue weighted by molar-refractivity contribution is 7.99. The van der Waals surface area contributed by atoms with E-state index in [0.29, 0.717) is 18.5 Å². The molecule has 1 aliphatic heterocycles. The topological polar surface area (TPSA) is 44.4 Å². The molecule has 7 heteroatoms. The first-order chi connectivity index (χ1) is 11.1. The van der Waals surface area contributed by atoms with Gasteiger partial charge in [-0.05, 0) is 26.0 Å². The lowest BCUT2D eigenvalue weighted by Gasteiger charge is -2.25. The molecule has 1 heterocycles. The fourth-order valence-electron chi connectivity index (χ4n) is 2.71. The number of carbonyl (C=O) groups excluding carboxylic acids is 1. The molecule has 0 bridgehead atoms. The summed E-state index contributed by atoms with van der Waals surface area (Å²) in [5, 5.41) is 6.47. The minimum absolute atomic E-state index is 0. The Labute approximate surface area is 168 Å². The second-order valence-electron chi connectivity index (χ2n) is 6.32. The van der Waals surface area contributed by atoms with E-state index in [-0.39, 0.29) is 30.7 Å². The van der Waals surface area contributed by atoms with Crippen molar-refractivity contribution < 1.29 is 4.79 Å². The van der Waals surface area contributed by atoms with Crippen molar-refractivity contribution in [2.24, 2.45) is 0 Å². The largest absolute Gasteiger partial charge is 0.356 e. The van der Waals surface area contributed by atoms with Crippen LogP contribution in [0.1, 0.15) is 25.3 Å². The molecule has 1 aromatic rings. The van der Waals surface area contributed by atoms with Gasteiger partial charge in [-0.15, -0.1) is 24.8 Å². The number of benzene rings is 1. The molecule has 0 aromatic heterocycles. The number of halogens is 2. The van der Waals surface area contributed by atoms with Gasteiger partial charge in [0, 0.05) is 49.6 Å². The normalized spacial score (nSPS) is 18.0. The fraction of sp³-hybridized carbons (Fsp3) is 0.611. The van der Waals surface area contributed by atoms with Crippen molar-refractivity contribution >= 4 is 42.5 Å². The molecule has 1 saturated heterocycles. The Morgan fingerprint density at radius 1 is 1.36 bits per heavy atom. The summed E-state index contributed by atoms with van der Waals surface area (Å²) >= 11 is 1.93. The maximum Gasteiger partial charge on any atom is 0.221 e. The number of hydrogen-bond acceptors (Lipinski definition) is 4. The van der Waals surface area contributed by atoms with Gasteiger partial charge in [0.1, 0.15) is 0 Å². The second-order valence-corrected chi connectivity index (χ2v) is 7.47. The Hall–Kier alpha value is -0.460. The highest BCUT2D eigenvalue weighted by Crippen LogP contribution is 2.10. The summed E-state index contributed by atoms with van der Waals surface area (Å²) in [5.74, 6) is 2.37. The van der Waals surface area contributed by atoms with Crippen LogP contribution in [0.4, 0.5) is 0 Å². The molecule has 1 aliphatic rings. The zero-order valence-corrected chi connectivity index (χ0v) is 17.5. The molecule has 0 saturated carbocycles. The van der Waals surface area contributed by atoms with Crippen LogP contribution in [0.5, 0.6) is 0 Å². The molecule has 1 fully saturated rings. The molecule has 2 rings (SSSR count). The number of rotatable bonds is 8. The third-order valence-corrected chi connectivity index (χ3v) is 5.47. The predicted octanol–water partition coefficient (Wildman–Crippen LogP) is 2.95. The Morgan fingerprint density at radius 3 is 2.72 bits per heavy atom. The minimum atomic E-state index is 0. The number of hydrogen-bond donors (Lipinski definition) is 2. The Morgan fingerprint density at radius 2 is 2.08 bits per heavy atom. The number of carbonyl (C=O) groups is 1. The average Bonchev–Trinajstić information content (AvgIpc) is 2.56. The van der Waals surface area contributed by atoms with Crippen LogP contribution in [0.3, 0.4) is 0 Å². The number of amides is 1. The molecular formula is C18H31Cl2N3OS. The van der Waals surface area contributed by atoms with Crippen LogP contribution in [0.25, 0.3) is 0 Å². The minimum Gasteiger partial charge on any atom is -0.356 e. The van der Waals surface area contributed by atoms with Gasteiger partial charge in [-0.3, -0.25) is 9.69 Å². The molecule has 2 atom stereocenters. The van der Waals surface area contributed by atoms with E-state index in [0.717, 1.165) is 37.6 Å². The first-order valence-electron chi connectivity index (χ1n) is 8.47. The van der Waals surface area contributed by atoms with E-state index in [9.17, 15) is 4.79 Å². The standard InChI is InChI=1S/C18H29N3OS.2ClH/c1-15(21(2)13-16-6-4-3-5-7-16)8-9-20-18(22)12-17-14-23-11-10-19-17;;/h3-7,15,17,19H,8-14H2,1-2H3,(H,20,22);2*1H. The van der Waals surface area contributed by atoms with E-state index in [2.05, 4.69) is 53.8 Å². The van der Waals surface area contributed by atoms with Crippen molar-refractivity contribution in [3.8, 4) is 0 Å². The van der Waals surface area contributed by atoms with E-state index >= 15 is 0 Å². The van der Waals surface area contributed by atoms with E-state index in [1.54, 1.807) is 0 Å². The fourth-order valence-corrected chi connectivity index (χ4v) is 3.66. The highest BCUT2D eigenvalue weighted by atomic mass is 35.5. The Balaban J connectivity index is 0.00000288. The third kappa shape index (κ3) is 9.71. The Bertz CT molecular complexity index is 473. The van der Waals surface area contributed by atoms with Gasteiger partial charge >= 0.3 is 0 Å². The van der Waals surface area contributed by atoms with Crippen LogP contribution in [0, 0.1) is 0 Å². The summed E-state index contributed by atoms with van der Waals surface area (Å²) in [6.07, 6.45) is 1.57. The molecule has 25 heavy (non-hydrogen) atoms. The number of nitrogens with one attached hydrogen (secondary N) is 2. The predicted molar refractivity (Wildman–Crippen MR) is 113 cm³/mol. The maximum atomic E-state index is 12.0. The summed E-state index contributed by atoms with van der Waals surface area (Å²) in [5.41, 5.74) is 1.33. The lowest BCUT2D eigenvalue weighted by Crippen LogP contribution is -2.42. The van der Waals surface area contributed by atoms with Gasteiger partial charge in [0.05, 0.1) is 0 Å².